The van der Waals surface area contributed by atoms with Crippen LogP contribution in [-0.4, -0.2) is 26.9 Å². The number of hydrogen-bond donors (Lipinski definition) is 2. The van der Waals surface area contributed by atoms with Gasteiger partial charge in [-0.1, -0.05) is 38.9 Å². The highest BCUT2D eigenvalue weighted by Crippen LogP contribution is 2.37. The third kappa shape index (κ3) is 7.39. The molecule has 0 aliphatic heterocycles. The first-order valence-corrected chi connectivity index (χ1v) is 12.9. The number of carbonyl (C=O) groups excluding carboxylic acids is 1. The van der Waals surface area contributed by atoms with Gasteiger partial charge in [-0.3, -0.25) is 5.32 Å². The van der Waals surface area contributed by atoms with Crippen LogP contribution in [0.25, 0.3) is 10.6 Å². The fourth-order valence-electron chi connectivity index (χ4n) is 3.04. The molecule has 36 heavy (non-hydrogen) atoms. The van der Waals surface area contributed by atoms with E-state index >= 15 is 0 Å². The summed E-state index contributed by atoms with van der Waals surface area (Å²) in [6, 6.07) is 16.6. The van der Waals surface area contributed by atoms with Crippen LogP contribution in [0, 0.1) is 0 Å². The molecule has 2 aromatic heterocycles. The molecule has 2 heterocycles. The number of amides is 1. The molecule has 8 nitrogen and oxygen atoms in total. The van der Waals surface area contributed by atoms with Gasteiger partial charge in [-0.25, -0.2) is 9.78 Å². The number of anilines is 3. The predicted octanol–water partition coefficient (Wildman–Crippen LogP) is 7.69. The molecule has 1 amide bonds. The zero-order chi connectivity index (χ0) is 25.7. The summed E-state index contributed by atoms with van der Waals surface area (Å²) in [7, 11) is 0. The molecule has 0 radical (unpaired) electrons. The zero-order valence-corrected chi connectivity index (χ0v) is 22.9. The Balaban J connectivity index is 1.46. The van der Waals surface area contributed by atoms with Crippen LogP contribution in [0.3, 0.4) is 0 Å². The Bertz CT molecular complexity index is 1360. The van der Waals surface area contributed by atoms with Crippen LogP contribution in [0.4, 0.5) is 21.4 Å². The van der Waals surface area contributed by atoms with Gasteiger partial charge in [0, 0.05) is 21.4 Å². The van der Waals surface area contributed by atoms with Gasteiger partial charge >= 0.3 is 6.09 Å². The Labute approximate surface area is 226 Å². The van der Waals surface area contributed by atoms with Gasteiger partial charge in [0.25, 0.3) is 0 Å². The molecule has 11 heteroatoms. The van der Waals surface area contributed by atoms with Crippen molar-refractivity contribution >= 4 is 61.6 Å². The normalized spacial score (nSPS) is 11.1. The van der Waals surface area contributed by atoms with Crippen LogP contribution in [-0.2, 0) is 11.3 Å². The quantitative estimate of drug-likeness (QED) is 0.228. The molecule has 0 fully saturated rings. The Hall–Kier alpha value is -3.21. The smallest absolute Gasteiger partial charge is 0.413 e. The Morgan fingerprint density at radius 1 is 1.08 bits per heavy atom. The molecule has 4 rings (SSSR count). The summed E-state index contributed by atoms with van der Waals surface area (Å²) in [4.78, 5) is 16.2. The molecule has 2 N–H and O–H groups in total. The number of nitrogens with one attached hydrogen (secondary N) is 2. The minimum atomic E-state index is -0.600. The van der Waals surface area contributed by atoms with E-state index in [1.807, 2.05) is 36.4 Å². The molecule has 0 aliphatic rings. The number of carbonyl (C=O) groups is 1. The summed E-state index contributed by atoms with van der Waals surface area (Å²) < 4.78 is 12.3. The summed E-state index contributed by atoms with van der Waals surface area (Å²) in [6.07, 6.45) is 1.04. The maximum Gasteiger partial charge on any atom is 0.413 e. The van der Waals surface area contributed by atoms with E-state index in [0.29, 0.717) is 26.7 Å². The first-order chi connectivity index (χ1) is 17.1. The fourth-order valence-corrected chi connectivity index (χ4v) is 4.31. The van der Waals surface area contributed by atoms with Gasteiger partial charge in [0.1, 0.15) is 23.8 Å². The molecule has 0 unspecified atom stereocenters. The van der Waals surface area contributed by atoms with Crippen LogP contribution in [0.2, 0.25) is 5.02 Å². The number of nitrogens with zero attached hydrogens (tertiary/aromatic N) is 3. The lowest BCUT2D eigenvalue weighted by atomic mass is 10.2. The second-order valence-electron chi connectivity index (χ2n) is 8.65. The second kappa shape index (κ2) is 11.2. The van der Waals surface area contributed by atoms with Crippen molar-refractivity contribution in [1.29, 1.82) is 0 Å². The molecule has 0 spiro atoms. The standard InChI is InChI=1S/C25H23BrClN5O3S/c1-25(2,3)35-24(33)30-21-12-15(10-11-28-21)14-34-20-9-4-16(26)13-19(20)22-31-32-23(36-22)29-18-7-5-17(27)6-8-18/h4-13H,14H2,1-3H3,(H,29,32)(H,28,30,33). The van der Waals surface area contributed by atoms with E-state index in [2.05, 4.69) is 41.7 Å². The molecule has 0 bridgehead atoms. The van der Waals surface area contributed by atoms with Crippen molar-refractivity contribution in [3.63, 3.8) is 0 Å². The Morgan fingerprint density at radius 2 is 1.86 bits per heavy atom. The average molecular weight is 589 g/mol. The van der Waals surface area contributed by atoms with Crippen LogP contribution in [0.15, 0.2) is 65.3 Å². The van der Waals surface area contributed by atoms with Crippen molar-refractivity contribution in [1.82, 2.24) is 15.2 Å². The van der Waals surface area contributed by atoms with Gasteiger partial charge in [-0.15, -0.1) is 10.2 Å². The van der Waals surface area contributed by atoms with Crippen molar-refractivity contribution in [3.05, 3.63) is 75.9 Å². The first-order valence-electron chi connectivity index (χ1n) is 10.9. The maximum absolute atomic E-state index is 12.1. The highest BCUT2D eigenvalue weighted by atomic mass is 79.9. The van der Waals surface area contributed by atoms with Gasteiger partial charge < -0.3 is 14.8 Å². The highest BCUT2D eigenvalue weighted by Gasteiger charge is 2.17. The van der Waals surface area contributed by atoms with E-state index in [1.54, 1.807) is 45.2 Å². The highest BCUT2D eigenvalue weighted by molar-refractivity contribution is 9.10. The van der Waals surface area contributed by atoms with Crippen LogP contribution in [0.5, 0.6) is 5.75 Å². The van der Waals surface area contributed by atoms with E-state index in [1.165, 1.54) is 11.3 Å². The molecule has 2 aromatic carbocycles. The van der Waals surface area contributed by atoms with Gasteiger partial charge in [-0.2, -0.15) is 0 Å². The number of ether oxygens (including phenoxy) is 2. The lowest BCUT2D eigenvalue weighted by Crippen LogP contribution is -2.27. The average Bonchev–Trinajstić information content (AvgIpc) is 3.27. The monoisotopic (exact) mass is 587 g/mol. The number of hydrogen-bond acceptors (Lipinski definition) is 8. The largest absolute Gasteiger partial charge is 0.488 e. The van der Waals surface area contributed by atoms with Gasteiger partial charge in [-0.05, 0) is 80.9 Å². The van der Waals surface area contributed by atoms with Crippen molar-refractivity contribution in [2.75, 3.05) is 10.6 Å². The van der Waals surface area contributed by atoms with E-state index in [9.17, 15) is 4.79 Å². The number of aromatic nitrogens is 3. The molecule has 4 aromatic rings. The topological polar surface area (TPSA) is 98.3 Å². The number of halogens is 2. The molecule has 0 saturated carbocycles. The first kappa shape index (κ1) is 25.9. The van der Waals surface area contributed by atoms with Crippen molar-refractivity contribution in [3.8, 4) is 16.3 Å². The zero-order valence-electron chi connectivity index (χ0n) is 19.7. The minimum Gasteiger partial charge on any atom is -0.488 e. The maximum atomic E-state index is 12.1. The van der Waals surface area contributed by atoms with Crippen molar-refractivity contribution < 1.29 is 14.3 Å². The predicted molar refractivity (Wildman–Crippen MR) is 146 cm³/mol. The molecule has 0 atom stereocenters. The third-order valence-corrected chi connectivity index (χ3v) is 6.16. The lowest BCUT2D eigenvalue weighted by molar-refractivity contribution is 0.0635. The summed E-state index contributed by atoms with van der Waals surface area (Å²) in [5, 5.41) is 16.5. The van der Waals surface area contributed by atoms with E-state index in [-0.39, 0.29) is 6.61 Å². The number of benzene rings is 2. The van der Waals surface area contributed by atoms with E-state index in [4.69, 9.17) is 21.1 Å². The number of rotatable bonds is 7. The molecule has 0 saturated heterocycles. The Kier molecular flexibility index (Phi) is 8.07. The lowest BCUT2D eigenvalue weighted by Gasteiger charge is -2.19. The van der Waals surface area contributed by atoms with Crippen LogP contribution >= 0.6 is 38.9 Å². The SMILES string of the molecule is CC(C)(C)OC(=O)Nc1cc(COc2ccc(Br)cc2-c2nnc(Nc3ccc(Cl)cc3)s2)ccn1. The Morgan fingerprint density at radius 3 is 2.61 bits per heavy atom. The van der Waals surface area contributed by atoms with Crippen molar-refractivity contribution in [2.45, 2.75) is 33.0 Å². The molecular formula is C25H23BrClN5O3S. The minimum absolute atomic E-state index is 0.259. The molecule has 186 valence electrons. The summed E-state index contributed by atoms with van der Waals surface area (Å²) >= 11 is 10.9. The van der Waals surface area contributed by atoms with Gasteiger partial charge in [0.15, 0.2) is 5.01 Å². The van der Waals surface area contributed by atoms with Gasteiger partial charge in [0.2, 0.25) is 5.13 Å². The van der Waals surface area contributed by atoms with Crippen LogP contribution in [0.1, 0.15) is 26.3 Å². The summed E-state index contributed by atoms with van der Waals surface area (Å²) in [6.45, 7) is 5.66. The number of pyridine rings is 1. The van der Waals surface area contributed by atoms with Crippen molar-refractivity contribution in [2.24, 2.45) is 0 Å². The summed E-state index contributed by atoms with van der Waals surface area (Å²) in [5.41, 5.74) is 1.89. The summed E-state index contributed by atoms with van der Waals surface area (Å²) in [5.74, 6) is 1.02. The van der Waals surface area contributed by atoms with Crippen LogP contribution < -0.4 is 15.4 Å². The third-order valence-electron chi connectivity index (χ3n) is 4.54. The molecular weight excluding hydrogens is 566 g/mol. The van der Waals surface area contributed by atoms with Gasteiger partial charge in [0.05, 0.1) is 5.56 Å². The molecule has 0 aliphatic carbocycles. The second-order valence-corrected chi connectivity index (χ2v) is 11.0. The fraction of sp³-hybridized carbons (Fsp3) is 0.200. The van der Waals surface area contributed by atoms with E-state index in [0.717, 1.165) is 21.3 Å². The van der Waals surface area contributed by atoms with E-state index < -0.39 is 11.7 Å².